The maximum atomic E-state index is 11.2. The van der Waals surface area contributed by atoms with Crippen LogP contribution < -0.4 is 4.74 Å². The number of hydrogen-bond donors (Lipinski definition) is 1. The van der Waals surface area contributed by atoms with Gasteiger partial charge < -0.3 is 14.4 Å². The Balaban J connectivity index is 1.64. The van der Waals surface area contributed by atoms with Crippen molar-refractivity contribution in [2.75, 3.05) is 13.1 Å². The Hall–Kier alpha value is -2.41. The number of imidazole rings is 1. The fourth-order valence-electron chi connectivity index (χ4n) is 3.17. The number of carbonyl (C=O) groups is 1. The van der Waals surface area contributed by atoms with Gasteiger partial charge in [-0.25, -0.2) is 4.98 Å². The van der Waals surface area contributed by atoms with Gasteiger partial charge in [-0.05, 0) is 18.6 Å². The van der Waals surface area contributed by atoms with Crippen LogP contribution in [0, 0.1) is 5.92 Å². The van der Waals surface area contributed by atoms with Gasteiger partial charge in [0, 0.05) is 45.0 Å². The second-order valence-electron chi connectivity index (χ2n) is 6.26. The molecule has 2 aromatic rings. The Kier molecular flexibility index (Phi) is 5.10. The lowest BCUT2D eigenvalue weighted by atomic mass is 9.91. The first kappa shape index (κ1) is 16.4. The van der Waals surface area contributed by atoms with Crippen molar-refractivity contribution in [3.05, 3.63) is 42.7 Å². The molecule has 128 valence electrons. The number of nitrogens with zero attached hydrogens (tertiary/aromatic N) is 4. The number of likely N-dealkylation sites (tertiary alicyclic amines) is 1. The number of aromatic nitrogens is 3. The highest BCUT2D eigenvalue weighted by Gasteiger charge is 2.32. The van der Waals surface area contributed by atoms with Crippen LogP contribution >= 0.6 is 0 Å². The monoisotopic (exact) mass is 330 g/mol. The van der Waals surface area contributed by atoms with Gasteiger partial charge in [-0.15, -0.1) is 0 Å². The van der Waals surface area contributed by atoms with Crippen molar-refractivity contribution in [3.63, 3.8) is 0 Å². The molecule has 1 fully saturated rings. The van der Waals surface area contributed by atoms with E-state index in [1.807, 2.05) is 29.9 Å². The molecule has 1 saturated heterocycles. The Bertz CT molecular complexity index is 673. The summed E-state index contributed by atoms with van der Waals surface area (Å²) in [6.07, 6.45) is 7.91. The molecule has 0 radical (unpaired) electrons. The van der Waals surface area contributed by atoms with Crippen molar-refractivity contribution in [3.8, 4) is 5.75 Å². The van der Waals surface area contributed by atoms with Gasteiger partial charge in [0.15, 0.2) is 0 Å². The predicted molar refractivity (Wildman–Crippen MR) is 87.5 cm³/mol. The summed E-state index contributed by atoms with van der Waals surface area (Å²) in [5, 5.41) is 9.23. The maximum absolute atomic E-state index is 11.2. The van der Waals surface area contributed by atoms with E-state index in [0.29, 0.717) is 12.3 Å². The predicted octanol–water partition coefficient (Wildman–Crippen LogP) is 1.56. The molecule has 1 N–H and O–H groups in total. The van der Waals surface area contributed by atoms with Gasteiger partial charge in [0.1, 0.15) is 11.9 Å². The van der Waals surface area contributed by atoms with Crippen molar-refractivity contribution in [2.24, 2.45) is 13.0 Å². The normalized spacial score (nSPS) is 21.5. The summed E-state index contributed by atoms with van der Waals surface area (Å²) in [5.74, 6) is -0.157. The van der Waals surface area contributed by atoms with Crippen LogP contribution in [0.5, 0.6) is 5.75 Å². The molecule has 0 amide bonds. The average molecular weight is 330 g/mol. The number of rotatable bonds is 6. The number of aryl methyl sites for hydroxylation is 1. The fraction of sp³-hybridized carbons (Fsp3) is 0.471. The molecule has 0 aliphatic carbocycles. The lowest BCUT2D eigenvalue weighted by molar-refractivity contribution is -0.139. The fourth-order valence-corrected chi connectivity index (χ4v) is 3.17. The van der Waals surface area contributed by atoms with Crippen molar-refractivity contribution in [2.45, 2.75) is 25.5 Å². The second kappa shape index (κ2) is 7.44. The largest absolute Gasteiger partial charge is 0.488 e. The molecular weight excluding hydrogens is 308 g/mol. The molecule has 3 heterocycles. The summed E-state index contributed by atoms with van der Waals surface area (Å²) in [6, 6.07) is 3.67. The molecule has 7 nitrogen and oxygen atoms in total. The maximum Gasteiger partial charge on any atom is 0.303 e. The first-order chi connectivity index (χ1) is 11.6. The molecule has 1 aliphatic heterocycles. The quantitative estimate of drug-likeness (QED) is 0.866. The third-order valence-electron chi connectivity index (χ3n) is 4.25. The Morgan fingerprint density at radius 3 is 3.04 bits per heavy atom. The molecule has 2 aromatic heterocycles. The first-order valence-electron chi connectivity index (χ1n) is 8.08. The average Bonchev–Trinajstić information content (AvgIpc) is 2.95. The zero-order valence-electron chi connectivity index (χ0n) is 13.7. The Morgan fingerprint density at radius 2 is 2.38 bits per heavy atom. The molecule has 7 heteroatoms. The Morgan fingerprint density at radius 1 is 1.50 bits per heavy atom. The van der Waals surface area contributed by atoms with E-state index in [9.17, 15) is 9.90 Å². The van der Waals surface area contributed by atoms with Gasteiger partial charge in [-0.2, -0.15) is 0 Å². The summed E-state index contributed by atoms with van der Waals surface area (Å²) < 4.78 is 7.92. The SMILES string of the molecule is Cn1cnc(CN2CC[C@@H](Oc3cccnc3)[C@H](CC(=O)O)C2)c1. The molecule has 24 heavy (non-hydrogen) atoms. The van der Waals surface area contributed by atoms with Gasteiger partial charge in [-0.3, -0.25) is 14.7 Å². The number of carboxylic acids is 1. The molecule has 0 spiro atoms. The van der Waals surface area contributed by atoms with Crippen LogP contribution in [0.3, 0.4) is 0 Å². The first-order valence-corrected chi connectivity index (χ1v) is 8.08. The molecular formula is C17H22N4O3. The van der Waals surface area contributed by atoms with Gasteiger partial charge in [-0.1, -0.05) is 0 Å². The number of aliphatic carboxylic acids is 1. The number of hydrogen-bond acceptors (Lipinski definition) is 5. The molecule has 0 saturated carbocycles. The summed E-state index contributed by atoms with van der Waals surface area (Å²) in [7, 11) is 1.94. The van der Waals surface area contributed by atoms with Crippen LogP contribution in [0.1, 0.15) is 18.5 Å². The van der Waals surface area contributed by atoms with Crippen molar-refractivity contribution < 1.29 is 14.6 Å². The minimum Gasteiger partial charge on any atom is -0.488 e. The minimum absolute atomic E-state index is 0.0554. The molecule has 2 atom stereocenters. The van der Waals surface area contributed by atoms with Crippen LogP contribution in [0.15, 0.2) is 37.1 Å². The number of pyridine rings is 1. The molecule has 3 rings (SSSR count). The van der Waals surface area contributed by atoms with Crippen LogP contribution in [-0.4, -0.2) is 49.7 Å². The van der Waals surface area contributed by atoms with E-state index in [0.717, 1.165) is 25.2 Å². The highest BCUT2D eigenvalue weighted by molar-refractivity contribution is 5.67. The van der Waals surface area contributed by atoms with Gasteiger partial charge >= 0.3 is 5.97 Å². The van der Waals surface area contributed by atoms with E-state index in [-0.39, 0.29) is 18.4 Å². The zero-order chi connectivity index (χ0) is 16.9. The van der Waals surface area contributed by atoms with E-state index in [4.69, 9.17) is 4.74 Å². The summed E-state index contributed by atoms with van der Waals surface area (Å²) in [4.78, 5) is 21.9. The van der Waals surface area contributed by atoms with Crippen LogP contribution in [0.4, 0.5) is 0 Å². The third kappa shape index (κ3) is 4.32. The van der Waals surface area contributed by atoms with E-state index >= 15 is 0 Å². The Labute approximate surface area is 140 Å². The molecule has 0 unspecified atom stereocenters. The lowest BCUT2D eigenvalue weighted by Crippen LogP contribution is -2.46. The van der Waals surface area contributed by atoms with Crippen LogP contribution in [0.25, 0.3) is 0 Å². The van der Waals surface area contributed by atoms with Crippen LogP contribution in [-0.2, 0) is 18.4 Å². The summed E-state index contributed by atoms with van der Waals surface area (Å²) in [6.45, 7) is 2.28. The number of carboxylic acid groups (broad SMARTS) is 1. The zero-order valence-corrected chi connectivity index (χ0v) is 13.7. The van der Waals surface area contributed by atoms with E-state index in [2.05, 4.69) is 14.9 Å². The van der Waals surface area contributed by atoms with Gasteiger partial charge in [0.05, 0.1) is 24.6 Å². The molecule has 0 bridgehead atoms. The van der Waals surface area contributed by atoms with Crippen LogP contribution in [0.2, 0.25) is 0 Å². The van der Waals surface area contributed by atoms with E-state index in [1.54, 1.807) is 18.7 Å². The summed E-state index contributed by atoms with van der Waals surface area (Å²) >= 11 is 0. The van der Waals surface area contributed by atoms with E-state index in [1.165, 1.54) is 0 Å². The summed E-state index contributed by atoms with van der Waals surface area (Å²) in [5.41, 5.74) is 0.998. The highest BCUT2D eigenvalue weighted by Crippen LogP contribution is 2.26. The van der Waals surface area contributed by atoms with Crippen molar-refractivity contribution in [1.82, 2.24) is 19.4 Å². The highest BCUT2D eigenvalue weighted by atomic mass is 16.5. The molecule has 0 aromatic carbocycles. The lowest BCUT2D eigenvalue weighted by Gasteiger charge is -2.37. The second-order valence-corrected chi connectivity index (χ2v) is 6.26. The number of ether oxygens (including phenoxy) is 1. The smallest absolute Gasteiger partial charge is 0.303 e. The van der Waals surface area contributed by atoms with Crippen molar-refractivity contribution >= 4 is 5.97 Å². The van der Waals surface area contributed by atoms with Gasteiger partial charge in [0.25, 0.3) is 0 Å². The minimum atomic E-state index is -0.792. The topological polar surface area (TPSA) is 80.5 Å². The van der Waals surface area contributed by atoms with E-state index < -0.39 is 5.97 Å². The third-order valence-corrected chi connectivity index (χ3v) is 4.25. The van der Waals surface area contributed by atoms with Gasteiger partial charge in [0.2, 0.25) is 0 Å². The molecule has 1 aliphatic rings. The van der Waals surface area contributed by atoms with Crippen molar-refractivity contribution in [1.29, 1.82) is 0 Å². The standard InChI is InChI=1S/C17H22N4O3/c1-20-10-14(19-12-20)11-21-6-4-16(13(9-21)7-17(22)23)24-15-3-2-5-18-8-15/h2-3,5,8,10,12-13,16H,4,6-7,9,11H2,1H3,(H,22,23)/t13-,16-/m1/s1. The number of piperidine rings is 1.